The van der Waals surface area contributed by atoms with E-state index in [1.165, 1.54) is 29.5 Å². The first-order valence-electron chi connectivity index (χ1n) is 6.73. The third kappa shape index (κ3) is 3.55. The van der Waals surface area contributed by atoms with Crippen LogP contribution >= 0.6 is 22.9 Å². The number of rotatable bonds is 4. The highest BCUT2D eigenvalue weighted by Gasteiger charge is 2.16. The second-order valence-corrected chi connectivity index (χ2v) is 5.90. The number of thiazole rings is 1. The van der Waals surface area contributed by atoms with Crippen molar-refractivity contribution in [1.29, 1.82) is 0 Å². The van der Waals surface area contributed by atoms with Crippen molar-refractivity contribution >= 4 is 28.8 Å². The highest BCUT2D eigenvalue weighted by Crippen LogP contribution is 2.22. The van der Waals surface area contributed by atoms with E-state index in [0.717, 1.165) is 10.7 Å². The number of nitrogens with one attached hydrogen (secondary N) is 1. The summed E-state index contributed by atoms with van der Waals surface area (Å²) in [4.78, 5) is 20.7. The third-order valence-corrected chi connectivity index (χ3v) is 4.28. The van der Waals surface area contributed by atoms with E-state index in [1.807, 2.05) is 23.6 Å². The van der Waals surface area contributed by atoms with Crippen LogP contribution in [-0.4, -0.2) is 15.9 Å². The molecule has 2 aromatic heterocycles. The summed E-state index contributed by atoms with van der Waals surface area (Å²) in [5.41, 5.74) is 1.29. The minimum Gasteiger partial charge on any atom is -0.346 e. The molecule has 7 heteroatoms. The summed E-state index contributed by atoms with van der Waals surface area (Å²) in [6.45, 7) is 0.187. The van der Waals surface area contributed by atoms with Crippen LogP contribution in [0.3, 0.4) is 0 Å². The minimum atomic E-state index is -0.651. The molecule has 1 aromatic carbocycles. The third-order valence-electron chi connectivity index (χ3n) is 3.06. The standard InChI is InChI=1S/C16H11ClFN3OS/c17-11-4-3-5-12(18)14(11)15(22)20-8-10-9-23-16(21-10)13-6-1-2-7-19-13/h1-7,9H,8H2,(H,20,22). The van der Waals surface area contributed by atoms with Crippen LogP contribution in [0.15, 0.2) is 48.0 Å². The van der Waals surface area contributed by atoms with Crippen molar-refractivity contribution in [2.75, 3.05) is 0 Å². The maximum atomic E-state index is 13.7. The molecule has 0 atom stereocenters. The Hall–Kier alpha value is -2.31. The highest BCUT2D eigenvalue weighted by atomic mass is 35.5. The molecule has 0 saturated heterocycles. The Labute approximate surface area is 141 Å². The Balaban J connectivity index is 1.70. The second-order valence-electron chi connectivity index (χ2n) is 4.64. The van der Waals surface area contributed by atoms with Crippen LogP contribution in [0, 0.1) is 5.82 Å². The zero-order valence-electron chi connectivity index (χ0n) is 11.8. The fraction of sp³-hybridized carbons (Fsp3) is 0.0625. The number of aromatic nitrogens is 2. The van der Waals surface area contributed by atoms with Crippen LogP contribution in [0.25, 0.3) is 10.7 Å². The summed E-state index contributed by atoms with van der Waals surface area (Å²) in [5, 5.41) is 5.29. The van der Waals surface area contributed by atoms with Gasteiger partial charge in [0, 0.05) is 11.6 Å². The fourth-order valence-electron chi connectivity index (χ4n) is 1.97. The molecule has 1 N–H and O–H groups in total. The molecule has 0 aliphatic heterocycles. The van der Waals surface area contributed by atoms with Crippen LogP contribution < -0.4 is 5.32 Å². The zero-order chi connectivity index (χ0) is 16.2. The van der Waals surface area contributed by atoms with Crippen LogP contribution in [0.5, 0.6) is 0 Å². The van der Waals surface area contributed by atoms with Crippen molar-refractivity contribution in [2.24, 2.45) is 0 Å². The molecule has 4 nitrogen and oxygen atoms in total. The number of pyridine rings is 1. The molecule has 3 aromatic rings. The molecule has 0 radical (unpaired) electrons. The van der Waals surface area contributed by atoms with Gasteiger partial charge in [0.2, 0.25) is 0 Å². The van der Waals surface area contributed by atoms with Crippen molar-refractivity contribution in [2.45, 2.75) is 6.54 Å². The van der Waals surface area contributed by atoms with Gasteiger partial charge in [0.25, 0.3) is 5.91 Å². The van der Waals surface area contributed by atoms with Crippen LogP contribution in [0.1, 0.15) is 16.1 Å². The smallest absolute Gasteiger partial charge is 0.256 e. The molecule has 0 spiro atoms. The topological polar surface area (TPSA) is 54.9 Å². The van der Waals surface area contributed by atoms with Gasteiger partial charge in [-0.05, 0) is 24.3 Å². The molecule has 0 aliphatic rings. The molecule has 0 unspecified atom stereocenters. The normalized spacial score (nSPS) is 10.5. The van der Waals surface area contributed by atoms with E-state index in [1.54, 1.807) is 6.20 Å². The Bertz CT molecular complexity index is 818. The number of hydrogen-bond acceptors (Lipinski definition) is 4. The van der Waals surface area contributed by atoms with E-state index in [2.05, 4.69) is 15.3 Å². The number of halogens is 2. The maximum absolute atomic E-state index is 13.7. The molecule has 0 saturated carbocycles. The largest absolute Gasteiger partial charge is 0.346 e. The zero-order valence-corrected chi connectivity index (χ0v) is 13.4. The summed E-state index contributed by atoms with van der Waals surface area (Å²) in [7, 11) is 0. The van der Waals surface area contributed by atoms with E-state index in [4.69, 9.17) is 11.6 Å². The molecular formula is C16H11ClFN3OS. The molecule has 3 rings (SSSR count). The number of amides is 1. The first-order valence-corrected chi connectivity index (χ1v) is 7.99. The van der Waals surface area contributed by atoms with E-state index in [9.17, 15) is 9.18 Å². The number of hydrogen-bond donors (Lipinski definition) is 1. The quantitative estimate of drug-likeness (QED) is 0.778. The Morgan fingerprint density at radius 3 is 2.87 bits per heavy atom. The Morgan fingerprint density at radius 2 is 2.13 bits per heavy atom. The number of carbonyl (C=O) groups excluding carboxylic acids is 1. The fourth-order valence-corrected chi connectivity index (χ4v) is 3.01. The molecule has 116 valence electrons. The number of benzene rings is 1. The second kappa shape index (κ2) is 6.85. The molecule has 1 amide bonds. The molecule has 0 aliphatic carbocycles. The van der Waals surface area contributed by atoms with Crippen LogP contribution in [0.2, 0.25) is 5.02 Å². The predicted octanol–water partition coefficient (Wildman–Crippen LogP) is 3.93. The summed E-state index contributed by atoms with van der Waals surface area (Å²) < 4.78 is 13.7. The van der Waals surface area contributed by atoms with Crippen molar-refractivity contribution in [3.63, 3.8) is 0 Å². The van der Waals surface area contributed by atoms with Gasteiger partial charge in [-0.3, -0.25) is 9.78 Å². The van der Waals surface area contributed by atoms with E-state index >= 15 is 0 Å². The van der Waals surface area contributed by atoms with E-state index in [0.29, 0.717) is 5.69 Å². The Kier molecular flexibility index (Phi) is 4.64. The lowest BCUT2D eigenvalue weighted by molar-refractivity contribution is 0.0946. The van der Waals surface area contributed by atoms with Crippen molar-refractivity contribution in [3.05, 3.63) is 70.1 Å². The predicted molar refractivity (Wildman–Crippen MR) is 87.9 cm³/mol. The van der Waals surface area contributed by atoms with Crippen LogP contribution in [0.4, 0.5) is 4.39 Å². The van der Waals surface area contributed by atoms with Gasteiger partial charge in [-0.1, -0.05) is 23.7 Å². The van der Waals surface area contributed by atoms with Crippen molar-refractivity contribution in [3.8, 4) is 10.7 Å². The van der Waals surface area contributed by atoms with E-state index < -0.39 is 11.7 Å². The Morgan fingerprint density at radius 1 is 1.26 bits per heavy atom. The number of nitrogens with zero attached hydrogens (tertiary/aromatic N) is 2. The SMILES string of the molecule is O=C(NCc1csc(-c2ccccn2)n1)c1c(F)cccc1Cl. The average molecular weight is 348 g/mol. The van der Waals surface area contributed by atoms with Gasteiger partial charge in [-0.25, -0.2) is 9.37 Å². The lowest BCUT2D eigenvalue weighted by atomic mass is 10.2. The molecule has 23 heavy (non-hydrogen) atoms. The van der Waals surface area contributed by atoms with Crippen LogP contribution in [-0.2, 0) is 6.54 Å². The highest BCUT2D eigenvalue weighted by molar-refractivity contribution is 7.13. The minimum absolute atomic E-state index is 0.0787. The molecule has 0 bridgehead atoms. The summed E-state index contributed by atoms with van der Waals surface area (Å²) in [6.07, 6.45) is 1.69. The monoisotopic (exact) mass is 347 g/mol. The van der Waals surface area contributed by atoms with Crippen molar-refractivity contribution in [1.82, 2.24) is 15.3 Å². The molecular weight excluding hydrogens is 337 g/mol. The number of carbonyl (C=O) groups is 1. The van der Waals surface area contributed by atoms with Gasteiger partial charge >= 0.3 is 0 Å². The maximum Gasteiger partial charge on any atom is 0.256 e. The lowest BCUT2D eigenvalue weighted by Gasteiger charge is -2.06. The van der Waals surface area contributed by atoms with Crippen molar-refractivity contribution < 1.29 is 9.18 Å². The molecule has 2 heterocycles. The van der Waals surface area contributed by atoms with Gasteiger partial charge in [0.15, 0.2) is 0 Å². The van der Waals surface area contributed by atoms with Gasteiger partial charge in [-0.15, -0.1) is 11.3 Å². The van der Waals surface area contributed by atoms with Gasteiger partial charge in [0.05, 0.1) is 28.5 Å². The van der Waals surface area contributed by atoms with Gasteiger partial charge < -0.3 is 5.32 Å². The van der Waals surface area contributed by atoms with E-state index in [-0.39, 0.29) is 17.1 Å². The van der Waals surface area contributed by atoms with Gasteiger partial charge in [0.1, 0.15) is 10.8 Å². The summed E-state index contributed by atoms with van der Waals surface area (Å²) >= 11 is 7.30. The van der Waals surface area contributed by atoms with Gasteiger partial charge in [-0.2, -0.15) is 0 Å². The average Bonchev–Trinajstić information content (AvgIpc) is 3.02. The first kappa shape index (κ1) is 15.6. The molecule has 0 fully saturated rings. The summed E-state index contributed by atoms with van der Waals surface area (Å²) in [6, 6.07) is 9.69. The lowest BCUT2D eigenvalue weighted by Crippen LogP contribution is -2.24. The summed E-state index contributed by atoms with van der Waals surface area (Å²) in [5.74, 6) is -1.22. The first-order chi connectivity index (χ1) is 11.1.